The molecule has 1 aromatic carbocycles. The van der Waals surface area contributed by atoms with Gasteiger partial charge in [0.05, 0.1) is 12.1 Å². The van der Waals surface area contributed by atoms with Gasteiger partial charge in [-0.1, -0.05) is 11.6 Å². The second kappa shape index (κ2) is 5.34. The number of carbonyl (C=O) groups excluding carboxylic acids is 1. The standard InChI is InChI=1S/C18H24N2O2/c1-13-10-14-6-9-19-7-5-8-20(12-15(11-13)16(14)19)17(21)22-18(2,3)4/h6,9-11H,5,7-8,12H2,1-4H3. The molecule has 0 bridgehead atoms. The summed E-state index contributed by atoms with van der Waals surface area (Å²) < 4.78 is 7.85. The lowest BCUT2D eigenvalue weighted by Crippen LogP contribution is -2.38. The number of aryl methyl sites for hydroxylation is 2. The fraction of sp³-hybridized carbons (Fsp3) is 0.500. The summed E-state index contributed by atoms with van der Waals surface area (Å²) >= 11 is 0. The first kappa shape index (κ1) is 14.9. The van der Waals surface area contributed by atoms with Crippen LogP contribution >= 0.6 is 0 Å². The van der Waals surface area contributed by atoms with E-state index >= 15 is 0 Å². The Bertz CT molecular complexity index is 710. The second-order valence-electron chi connectivity index (χ2n) is 7.13. The van der Waals surface area contributed by atoms with Crippen LogP contribution in [0.1, 0.15) is 38.3 Å². The predicted molar refractivity (Wildman–Crippen MR) is 87.9 cm³/mol. The van der Waals surface area contributed by atoms with E-state index in [1.54, 1.807) is 0 Å². The number of aromatic nitrogens is 1. The van der Waals surface area contributed by atoms with Crippen molar-refractivity contribution in [3.8, 4) is 0 Å². The number of nitrogens with zero attached hydrogens (tertiary/aromatic N) is 2. The molecule has 3 rings (SSSR count). The van der Waals surface area contributed by atoms with Gasteiger partial charge in [-0.15, -0.1) is 0 Å². The Kier molecular flexibility index (Phi) is 3.63. The smallest absolute Gasteiger partial charge is 0.410 e. The van der Waals surface area contributed by atoms with Crippen molar-refractivity contribution in [3.63, 3.8) is 0 Å². The second-order valence-corrected chi connectivity index (χ2v) is 7.13. The fourth-order valence-corrected chi connectivity index (χ4v) is 3.11. The summed E-state index contributed by atoms with van der Waals surface area (Å²) in [5.74, 6) is 0. The number of ether oxygens (including phenoxy) is 1. The number of carbonyl (C=O) groups is 1. The average molecular weight is 300 g/mol. The third-order valence-electron chi connectivity index (χ3n) is 3.92. The van der Waals surface area contributed by atoms with Crippen molar-refractivity contribution in [2.75, 3.05) is 6.54 Å². The molecule has 1 aliphatic rings. The summed E-state index contributed by atoms with van der Waals surface area (Å²) in [6, 6.07) is 6.55. The Labute approximate surface area is 131 Å². The van der Waals surface area contributed by atoms with E-state index in [0.717, 1.165) is 19.5 Å². The maximum Gasteiger partial charge on any atom is 0.410 e. The Morgan fingerprint density at radius 2 is 2.00 bits per heavy atom. The first-order valence-electron chi connectivity index (χ1n) is 7.90. The highest BCUT2D eigenvalue weighted by Crippen LogP contribution is 2.26. The molecular formula is C18H24N2O2. The highest BCUT2D eigenvalue weighted by molar-refractivity contribution is 5.84. The molecule has 0 aliphatic carbocycles. The molecule has 0 atom stereocenters. The first-order chi connectivity index (χ1) is 10.3. The Morgan fingerprint density at radius 3 is 2.73 bits per heavy atom. The number of hydrogen-bond acceptors (Lipinski definition) is 2. The minimum atomic E-state index is -0.457. The molecule has 118 valence electrons. The number of hydrogen-bond donors (Lipinski definition) is 0. The minimum absolute atomic E-state index is 0.220. The van der Waals surface area contributed by atoms with Gasteiger partial charge in [-0.05, 0) is 51.8 Å². The van der Waals surface area contributed by atoms with Gasteiger partial charge < -0.3 is 14.2 Å². The average Bonchev–Trinajstić information content (AvgIpc) is 2.75. The molecule has 2 heterocycles. The highest BCUT2D eigenvalue weighted by atomic mass is 16.6. The van der Waals surface area contributed by atoms with Crippen LogP contribution in [0.5, 0.6) is 0 Å². The van der Waals surface area contributed by atoms with Gasteiger partial charge in [0.2, 0.25) is 0 Å². The van der Waals surface area contributed by atoms with Gasteiger partial charge >= 0.3 is 6.09 Å². The van der Waals surface area contributed by atoms with Crippen LogP contribution in [0.15, 0.2) is 24.4 Å². The summed E-state index contributed by atoms with van der Waals surface area (Å²) in [5, 5.41) is 1.25. The Morgan fingerprint density at radius 1 is 1.23 bits per heavy atom. The molecule has 0 radical (unpaired) electrons. The molecule has 1 aromatic heterocycles. The van der Waals surface area contributed by atoms with Crippen LogP contribution in [-0.4, -0.2) is 27.7 Å². The van der Waals surface area contributed by atoms with E-state index in [1.165, 1.54) is 22.0 Å². The van der Waals surface area contributed by atoms with Crippen LogP contribution in [0.25, 0.3) is 10.9 Å². The van der Waals surface area contributed by atoms with Crippen LogP contribution in [0.4, 0.5) is 4.79 Å². The van der Waals surface area contributed by atoms with Gasteiger partial charge in [0, 0.05) is 24.7 Å². The van der Waals surface area contributed by atoms with Crippen LogP contribution in [0.3, 0.4) is 0 Å². The largest absolute Gasteiger partial charge is 0.444 e. The van der Waals surface area contributed by atoms with Crippen molar-refractivity contribution in [1.29, 1.82) is 0 Å². The molecule has 0 unspecified atom stereocenters. The summed E-state index contributed by atoms with van der Waals surface area (Å²) in [6.45, 7) is 10.1. The van der Waals surface area contributed by atoms with Crippen LogP contribution in [0, 0.1) is 6.92 Å². The molecule has 0 saturated carbocycles. The quantitative estimate of drug-likeness (QED) is 0.734. The Balaban J connectivity index is 1.96. The highest BCUT2D eigenvalue weighted by Gasteiger charge is 2.24. The lowest BCUT2D eigenvalue weighted by molar-refractivity contribution is 0.0228. The summed E-state index contributed by atoms with van der Waals surface area (Å²) in [5.41, 5.74) is 3.22. The first-order valence-corrected chi connectivity index (χ1v) is 7.90. The molecule has 1 aliphatic heterocycles. The molecule has 1 amide bonds. The third-order valence-corrected chi connectivity index (χ3v) is 3.92. The lowest BCUT2D eigenvalue weighted by Gasteiger charge is -2.29. The number of benzene rings is 1. The molecule has 4 heteroatoms. The van der Waals surface area contributed by atoms with Gasteiger partial charge in [0.25, 0.3) is 0 Å². The SMILES string of the molecule is Cc1cc2c3c(ccn3CCCN(C(=O)OC(C)(C)C)C2)c1. The number of amides is 1. The predicted octanol–water partition coefficient (Wildman–Crippen LogP) is 4.09. The van der Waals surface area contributed by atoms with Crippen LogP contribution < -0.4 is 0 Å². The molecular weight excluding hydrogens is 276 g/mol. The lowest BCUT2D eigenvalue weighted by atomic mass is 10.1. The zero-order valence-electron chi connectivity index (χ0n) is 13.8. The zero-order valence-corrected chi connectivity index (χ0v) is 13.8. The van der Waals surface area contributed by atoms with Crippen LogP contribution in [-0.2, 0) is 17.8 Å². The maximum absolute atomic E-state index is 12.4. The molecule has 0 fully saturated rings. The van der Waals surface area contributed by atoms with E-state index in [9.17, 15) is 4.79 Å². The topological polar surface area (TPSA) is 34.5 Å². The van der Waals surface area contributed by atoms with Gasteiger partial charge in [0.1, 0.15) is 5.60 Å². The van der Waals surface area contributed by atoms with Gasteiger partial charge in [-0.3, -0.25) is 0 Å². The van der Waals surface area contributed by atoms with Crippen molar-refractivity contribution in [2.45, 2.75) is 52.8 Å². The molecule has 0 saturated heterocycles. The van der Waals surface area contributed by atoms with E-state index in [1.807, 2.05) is 25.7 Å². The summed E-state index contributed by atoms with van der Waals surface area (Å²) in [6.07, 6.45) is 2.87. The monoisotopic (exact) mass is 300 g/mol. The zero-order chi connectivity index (χ0) is 15.9. The van der Waals surface area contributed by atoms with Gasteiger partial charge in [0.15, 0.2) is 0 Å². The normalized spacial score (nSPS) is 15.5. The van der Waals surface area contributed by atoms with Crippen molar-refractivity contribution >= 4 is 17.0 Å². The summed E-state index contributed by atoms with van der Waals surface area (Å²) in [7, 11) is 0. The van der Waals surface area contributed by atoms with E-state index in [0.29, 0.717) is 6.54 Å². The van der Waals surface area contributed by atoms with E-state index in [4.69, 9.17) is 4.74 Å². The van der Waals surface area contributed by atoms with Gasteiger partial charge in [-0.25, -0.2) is 4.79 Å². The summed E-state index contributed by atoms with van der Waals surface area (Å²) in [4.78, 5) is 14.3. The van der Waals surface area contributed by atoms with Gasteiger partial charge in [-0.2, -0.15) is 0 Å². The molecule has 0 N–H and O–H groups in total. The maximum atomic E-state index is 12.4. The Hall–Kier alpha value is -1.97. The fourth-order valence-electron chi connectivity index (χ4n) is 3.11. The van der Waals surface area contributed by atoms with Crippen molar-refractivity contribution in [1.82, 2.24) is 9.47 Å². The third kappa shape index (κ3) is 2.96. The molecule has 2 aromatic rings. The molecule has 22 heavy (non-hydrogen) atoms. The van der Waals surface area contributed by atoms with Crippen molar-refractivity contribution in [3.05, 3.63) is 35.5 Å². The van der Waals surface area contributed by atoms with E-state index in [-0.39, 0.29) is 6.09 Å². The van der Waals surface area contributed by atoms with E-state index < -0.39 is 5.60 Å². The van der Waals surface area contributed by atoms with Crippen molar-refractivity contribution in [2.24, 2.45) is 0 Å². The van der Waals surface area contributed by atoms with Crippen LogP contribution in [0.2, 0.25) is 0 Å². The van der Waals surface area contributed by atoms with E-state index in [2.05, 4.69) is 35.9 Å². The molecule has 4 nitrogen and oxygen atoms in total. The molecule has 0 spiro atoms. The van der Waals surface area contributed by atoms with Crippen molar-refractivity contribution < 1.29 is 9.53 Å². The minimum Gasteiger partial charge on any atom is -0.444 e. The number of rotatable bonds is 0.